The third-order valence-corrected chi connectivity index (χ3v) is 5.31. The van der Waals surface area contributed by atoms with Crippen molar-refractivity contribution in [3.8, 4) is 0 Å². The molecule has 0 amide bonds. The summed E-state index contributed by atoms with van der Waals surface area (Å²) in [6.45, 7) is 8.89. The SMILES string of the molecule is CCC1(C(=O)C2CC(C)CC(C)C2)CCNCC1. The smallest absolute Gasteiger partial charge is 0.142 e. The highest BCUT2D eigenvalue weighted by atomic mass is 16.1. The number of carbonyl (C=O) groups excluding carboxylic acids is 1. The van der Waals surface area contributed by atoms with Crippen LogP contribution in [0.3, 0.4) is 0 Å². The quantitative estimate of drug-likeness (QED) is 0.833. The first-order chi connectivity index (χ1) is 8.57. The van der Waals surface area contributed by atoms with E-state index in [1.165, 1.54) is 6.42 Å². The molecule has 18 heavy (non-hydrogen) atoms. The highest BCUT2D eigenvalue weighted by Gasteiger charge is 2.42. The normalized spacial score (nSPS) is 36.3. The van der Waals surface area contributed by atoms with Gasteiger partial charge in [-0.2, -0.15) is 0 Å². The summed E-state index contributed by atoms with van der Waals surface area (Å²) in [4.78, 5) is 13.0. The van der Waals surface area contributed by atoms with Gasteiger partial charge in [0.1, 0.15) is 5.78 Å². The lowest BCUT2D eigenvalue weighted by atomic mass is 9.64. The molecule has 0 aromatic carbocycles. The van der Waals surface area contributed by atoms with Gasteiger partial charge < -0.3 is 5.32 Å². The fraction of sp³-hybridized carbons (Fsp3) is 0.938. The lowest BCUT2D eigenvalue weighted by molar-refractivity contribution is -0.137. The van der Waals surface area contributed by atoms with Gasteiger partial charge in [0, 0.05) is 11.3 Å². The van der Waals surface area contributed by atoms with Crippen molar-refractivity contribution >= 4 is 5.78 Å². The molecule has 0 aromatic heterocycles. The van der Waals surface area contributed by atoms with Crippen molar-refractivity contribution in [2.75, 3.05) is 13.1 Å². The molecule has 2 fully saturated rings. The highest BCUT2D eigenvalue weighted by Crippen LogP contribution is 2.42. The Morgan fingerprint density at radius 1 is 1.11 bits per heavy atom. The van der Waals surface area contributed by atoms with E-state index in [1.807, 2.05) is 0 Å². The summed E-state index contributed by atoms with van der Waals surface area (Å²) in [5.74, 6) is 2.42. The van der Waals surface area contributed by atoms with Crippen molar-refractivity contribution in [3.05, 3.63) is 0 Å². The standard InChI is InChI=1S/C16H29NO/c1-4-16(5-7-17-8-6-16)15(18)14-10-12(2)9-13(3)11-14/h12-14,17H,4-11H2,1-3H3. The predicted octanol–water partition coefficient (Wildman–Crippen LogP) is 3.41. The fourth-order valence-corrected chi connectivity index (χ4v) is 4.27. The van der Waals surface area contributed by atoms with E-state index in [-0.39, 0.29) is 5.41 Å². The zero-order valence-electron chi connectivity index (χ0n) is 12.3. The van der Waals surface area contributed by atoms with E-state index in [1.54, 1.807) is 0 Å². The summed E-state index contributed by atoms with van der Waals surface area (Å²) in [5, 5.41) is 3.40. The Morgan fingerprint density at radius 3 is 2.17 bits per heavy atom. The molecule has 104 valence electrons. The van der Waals surface area contributed by atoms with Crippen LogP contribution in [0.15, 0.2) is 0 Å². The molecule has 0 spiro atoms. The molecule has 2 heteroatoms. The maximum Gasteiger partial charge on any atom is 0.142 e. The number of rotatable bonds is 3. The predicted molar refractivity (Wildman–Crippen MR) is 75.5 cm³/mol. The minimum absolute atomic E-state index is 0.00664. The molecular weight excluding hydrogens is 222 g/mol. The van der Waals surface area contributed by atoms with E-state index in [0.717, 1.165) is 57.0 Å². The van der Waals surface area contributed by atoms with Crippen molar-refractivity contribution in [3.63, 3.8) is 0 Å². The van der Waals surface area contributed by atoms with Crippen LogP contribution in [0.4, 0.5) is 0 Å². The van der Waals surface area contributed by atoms with Gasteiger partial charge in [-0.1, -0.05) is 20.8 Å². The van der Waals surface area contributed by atoms with Crippen LogP contribution in [0.5, 0.6) is 0 Å². The largest absolute Gasteiger partial charge is 0.317 e. The third kappa shape index (κ3) is 2.79. The van der Waals surface area contributed by atoms with E-state index >= 15 is 0 Å². The maximum absolute atomic E-state index is 13.0. The van der Waals surface area contributed by atoms with E-state index in [9.17, 15) is 4.79 Å². The first-order valence-corrected chi connectivity index (χ1v) is 7.82. The second kappa shape index (κ2) is 5.73. The topological polar surface area (TPSA) is 29.1 Å². The molecule has 1 aliphatic heterocycles. The lowest BCUT2D eigenvalue weighted by Crippen LogP contribution is -2.45. The number of carbonyl (C=O) groups is 1. The van der Waals surface area contributed by atoms with Gasteiger partial charge in [0.05, 0.1) is 0 Å². The molecule has 2 rings (SSSR count). The van der Waals surface area contributed by atoms with Crippen LogP contribution in [-0.2, 0) is 4.79 Å². The number of hydrogen-bond acceptors (Lipinski definition) is 2. The van der Waals surface area contributed by atoms with Crippen LogP contribution in [-0.4, -0.2) is 18.9 Å². The van der Waals surface area contributed by atoms with Crippen molar-refractivity contribution in [1.29, 1.82) is 0 Å². The lowest BCUT2D eigenvalue weighted by Gasteiger charge is -2.41. The first kappa shape index (κ1) is 14.0. The first-order valence-electron chi connectivity index (χ1n) is 7.82. The number of hydrogen-bond donors (Lipinski definition) is 1. The van der Waals surface area contributed by atoms with Crippen LogP contribution >= 0.6 is 0 Å². The fourth-order valence-electron chi connectivity index (χ4n) is 4.27. The number of Topliss-reactive ketones (excluding diaryl/α,β-unsaturated/α-hetero) is 1. The molecule has 2 atom stereocenters. The van der Waals surface area contributed by atoms with Gasteiger partial charge in [-0.25, -0.2) is 0 Å². The summed E-state index contributed by atoms with van der Waals surface area (Å²) >= 11 is 0. The molecular formula is C16H29NO. The van der Waals surface area contributed by atoms with Crippen molar-refractivity contribution in [2.45, 2.75) is 59.3 Å². The number of ketones is 1. The van der Waals surface area contributed by atoms with Crippen LogP contribution in [0.2, 0.25) is 0 Å². The van der Waals surface area contributed by atoms with Gasteiger partial charge >= 0.3 is 0 Å². The summed E-state index contributed by atoms with van der Waals surface area (Å²) in [7, 11) is 0. The molecule has 2 unspecified atom stereocenters. The minimum atomic E-state index is 0.00664. The Morgan fingerprint density at radius 2 is 1.67 bits per heavy atom. The molecule has 1 aliphatic carbocycles. The van der Waals surface area contributed by atoms with Crippen LogP contribution in [0.25, 0.3) is 0 Å². The Kier molecular flexibility index (Phi) is 4.47. The van der Waals surface area contributed by atoms with E-state index < -0.39 is 0 Å². The second-order valence-electron chi connectivity index (χ2n) is 6.86. The van der Waals surface area contributed by atoms with Gasteiger partial charge in [0.25, 0.3) is 0 Å². The summed E-state index contributed by atoms with van der Waals surface area (Å²) in [5.41, 5.74) is 0.00664. The maximum atomic E-state index is 13.0. The van der Waals surface area contributed by atoms with Gasteiger partial charge in [0.2, 0.25) is 0 Å². The monoisotopic (exact) mass is 251 g/mol. The van der Waals surface area contributed by atoms with Gasteiger partial charge in [-0.3, -0.25) is 4.79 Å². The highest BCUT2D eigenvalue weighted by molar-refractivity contribution is 5.87. The Bertz CT molecular complexity index is 283. The molecule has 0 radical (unpaired) electrons. The summed E-state index contributed by atoms with van der Waals surface area (Å²) in [6.07, 6.45) is 6.73. The second-order valence-corrected chi connectivity index (χ2v) is 6.86. The molecule has 1 saturated heterocycles. The zero-order valence-corrected chi connectivity index (χ0v) is 12.3. The molecule has 1 saturated carbocycles. The number of piperidine rings is 1. The minimum Gasteiger partial charge on any atom is -0.317 e. The van der Waals surface area contributed by atoms with Crippen LogP contribution in [0.1, 0.15) is 59.3 Å². The Balaban J connectivity index is 2.08. The molecule has 1 N–H and O–H groups in total. The summed E-state index contributed by atoms with van der Waals surface area (Å²) < 4.78 is 0. The average Bonchev–Trinajstić information content (AvgIpc) is 2.37. The third-order valence-electron chi connectivity index (χ3n) is 5.31. The van der Waals surface area contributed by atoms with Crippen LogP contribution < -0.4 is 5.32 Å². The van der Waals surface area contributed by atoms with E-state index in [2.05, 4.69) is 26.1 Å². The molecule has 0 aromatic rings. The average molecular weight is 251 g/mol. The van der Waals surface area contributed by atoms with Crippen molar-refractivity contribution in [1.82, 2.24) is 5.32 Å². The molecule has 0 bridgehead atoms. The number of nitrogens with one attached hydrogen (secondary N) is 1. The van der Waals surface area contributed by atoms with E-state index in [4.69, 9.17) is 0 Å². The molecule has 2 aliphatic rings. The van der Waals surface area contributed by atoms with Crippen molar-refractivity contribution in [2.24, 2.45) is 23.2 Å². The van der Waals surface area contributed by atoms with Gasteiger partial charge in [0.15, 0.2) is 0 Å². The van der Waals surface area contributed by atoms with Crippen molar-refractivity contribution < 1.29 is 4.79 Å². The van der Waals surface area contributed by atoms with Gasteiger partial charge in [-0.15, -0.1) is 0 Å². The summed E-state index contributed by atoms with van der Waals surface area (Å²) in [6, 6.07) is 0. The molecule has 2 nitrogen and oxygen atoms in total. The zero-order chi connectivity index (χ0) is 13.2. The van der Waals surface area contributed by atoms with E-state index in [0.29, 0.717) is 11.7 Å². The Hall–Kier alpha value is -0.370. The Labute approximate surface area is 112 Å². The van der Waals surface area contributed by atoms with Crippen LogP contribution in [0, 0.1) is 23.2 Å². The molecule has 1 heterocycles. The van der Waals surface area contributed by atoms with Gasteiger partial charge in [-0.05, 0) is 63.5 Å².